The van der Waals surface area contributed by atoms with Crippen LogP contribution < -0.4 is 4.90 Å². The van der Waals surface area contributed by atoms with Crippen molar-refractivity contribution in [2.75, 3.05) is 4.90 Å². The minimum absolute atomic E-state index is 0.0687. The van der Waals surface area contributed by atoms with Crippen molar-refractivity contribution in [3.8, 4) is 11.1 Å². The fourth-order valence-electron chi connectivity index (χ4n) is 3.88. The highest BCUT2D eigenvalue weighted by Crippen LogP contribution is 2.39. The average molecular weight is 442 g/mol. The molecule has 1 heterocycles. The first kappa shape index (κ1) is 20.7. The number of halogens is 3. The number of rotatable bonds is 3. The Balaban J connectivity index is 1.68. The van der Waals surface area contributed by atoms with Crippen LogP contribution in [0.25, 0.3) is 11.1 Å². The van der Waals surface area contributed by atoms with Gasteiger partial charge in [0.05, 0.1) is 16.9 Å². The highest BCUT2D eigenvalue weighted by molar-refractivity contribution is 6.56. The molecule has 1 aliphatic heterocycles. The van der Waals surface area contributed by atoms with E-state index in [1.807, 2.05) is 66.7 Å². The zero-order valence-electron chi connectivity index (χ0n) is 17.3. The monoisotopic (exact) mass is 442 g/mol. The molecule has 4 aromatic rings. The summed E-state index contributed by atoms with van der Waals surface area (Å²) in [5, 5.41) is 0. The van der Waals surface area contributed by atoms with Crippen molar-refractivity contribution in [1.29, 1.82) is 0 Å². The molecule has 0 radical (unpaired) electrons. The van der Waals surface area contributed by atoms with Crippen LogP contribution in [0.1, 0.15) is 11.1 Å². The first-order chi connectivity index (χ1) is 15.9. The van der Waals surface area contributed by atoms with Crippen molar-refractivity contribution >= 4 is 28.7 Å². The van der Waals surface area contributed by atoms with Gasteiger partial charge in [-0.2, -0.15) is 13.2 Å². The second kappa shape index (κ2) is 8.06. The van der Waals surface area contributed by atoms with Crippen LogP contribution in [0.4, 0.5) is 30.2 Å². The minimum Gasteiger partial charge on any atom is -0.275 e. The number of aliphatic imine (C=N–C) groups is 1. The first-order valence-corrected chi connectivity index (χ1v) is 10.3. The number of amides is 1. The molecule has 33 heavy (non-hydrogen) atoms. The van der Waals surface area contributed by atoms with E-state index in [0.717, 1.165) is 23.3 Å². The van der Waals surface area contributed by atoms with Crippen molar-refractivity contribution in [3.63, 3.8) is 0 Å². The summed E-state index contributed by atoms with van der Waals surface area (Å²) >= 11 is 0. The fraction of sp³-hybridized carbons (Fsp3) is 0.0370. The Bertz CT molecular complexity index is 1360. The van der Waals surface area contributed by atoms with Crippen LogP contribution in [-0.2, 0) is 11.0 Å². The third-order valence-electron chi connectivity index (χ3n) is 5.43. The molecule has 1 aliphatic rings. The van der Waals surface area contributed by atoms with Crippen LogP contribution in [0.2, 0.25) is 0 Å². The van der Waals surface area contributed by atoms with Gasteiger partial charge in [0.25, 0.3) is 5.91 Å². The van der Waals surface area contributed by atoms with Crippen LogP contribution in [0.5, 0.6) is 0 Å². The van der Waals surface area contributed by atoms with Crippen molar-refractivity contribution in [2.45, 2.75) is 6.18 Å². The van der Waals surface area contributed by atoms with Crippen LogP contribution >= 0.6 is 0 Å². The van der Waals surface area contributed by atoms with Gasteiger partial charge in [0, 0.05) is 11.3 Å². The number of anilines is 2. The summed E-state index contributed by atoms with van der Waals surface area (Å²) in [7, 11) is 0. The van der Waals surface area contributed by atoms with Gasteiger partial charge in [0.15, 0.2) is 0 Å². The lowest BCUT2D eigenvalue weighted by Gasteiger charge is -2.17. The predicted molar refractivity (Wildman–Crippen MR) is 123 cm³/mol. The van der Waals surface area contributed by atoms with Gasteiger partial charge in [0.1, 0.15) is 5.71 Å². The first-order valence-electron chi connectivity index (χ1n) is 10.3. The summed E-state index contributed by atoms with van der Waals surface area (Å²) < 4.78 is 39.6. The van der Waals surface area contributed by atoms with Gasteiger partial charge in [0.2, 0.25) is 0 Å². The molecular formula is C27H17F3N2O. The molecule has 0 N–H and O–H groups in total. The quantitative estimate of drug-likeness (QED) is 0.331. The van der Waals surface area contributed by atoms with Crippen molar-refractivity contribution in [1.82, 2.24) is 0 Å². The van der Waals surface area contributed by atoms with E-state index >= 15 is 0 Å². The summed E-state index contributed by atoms with van der Waals surface area (Å²) in [6.07, 6.45) is -4.50. The largest absolute Gasteiger partial charge is 0.416 e. The van der Waals surface area contributed by atoms with Gasteiger partial charge in [-0.25, -0.2) is 4.99 Å². The Labute approximate surface area is 188 Å². The molecule has 0 aliphatic carbocycles. The van der Waals surface area contributed by atoms with Gasteiger partial charge in [-0.05, 0) is 53.6 Å². The molecule has 0 spiro atoms. The maximum atomic E-state index is 13.5. The summed E-state index contributed by atoms with van der Waals surface area (Å²) in [4.78, 5) is 19.4. The fourth-order valence-corrected chi connectivity index (χ4v) is 3.88. The summed E-state index contributed by atoms with van der Waals surface area (Å²) in [5.41, 5.74) is 3.07. The standard InChI is InChI=1S/C27H17F3N2O/c28-27(29,30)20-10-7-11-21(17-20)31-25-23-16-19(18-8-3-1-4-9-18)14-15-24(23)32(26(25)33)22-12-5-2-6-13-22/h1-17H. The number of hydrogen-bond donors (Lipinski definition) is 0. The molecule has 0 saturated carbocycles. The van der Waals surface area contributed by atoms with Crippen molar-refractivity contribution in [3.05, 3.63) is 114 Å². The molecule has 0 bridgehead atoms. The molecule has 0 aromatic heterocycles. The Morgan fingerprint density at radius 2 is 1.39 bits per heavy atom. The van der Waals surface area contributed by atoms with Crippen LogP contribution in [0.15, 0.2) is 108 Å². The van der Waals surface area contributed by atoms with Gasteiger partial charge in [-0.15, -0.1) is 0 Å². The topological polar surface area (TPSA) is 32.7 Å². The van der Waals surface area contributed by atoms with Gasteiger partial charge < -0.3 is 0 Å². The molecule has 6 heteroatoms. The molecule has 0 saturated heterocycles. The number of alkyl halides is 3. The van der Waals surface area contributed by atoms with E-state index in [1.165, 1.54) is 17.0 Å². The van der Waals surface area contributed by atoms with Crippen molar-refractivity contribution < 1.29 is 18.0 Å². The molecule has 0 fully saturated rings. The Morgan fingerprint density at radius 3 is 2.09 bits per heavy atom. The van der Waals surface area contributed by atoms with Crippen LogP contribution in [-0.4, -0.2) is 11.6 Å². The second-order valence-electron chi connectivity index (χ2n) is 7.58. The molecule has 3 nitrogen and oxygen atoms in total. The number of hydrogen-bond acceptors (Lipinski definition) is 2. The zero-order valence-corrected chi connectivity index (χ0v) is 17.3. The maximum Gasteiger partial charge on any atom is 0.416 e. The third kappa shape index (κ3) is 3.91. The number of para-hydroxylation sites is 1. The van der Waals surface area contributed by atoms with E-state index in [4.69, 9.17) is 0 Å². The Morgan fingerprint density at radius 1 is 0.697 bits per heavy atom. The Hall–Kier alpha value is -4.19. The number of nitrogens with zero attached hydrogens (tertiary/aromatic N) is 2. The second-order valence-corrected chi connectivity index (χ2v) is 7.58. The number of carbonyl (C=O) groups excluding carboxylic acids is 1. The van der Waals surface area contributed by atoms with E-state index in [1.54, 1.807) is 12.1 Å². The molecule has 4 aromatic carbocycles. The van der Waals surface area contributed by atoms with E-state index in [0.29, 0.717) is 16.9 Å². The number of fused-ring (bicyclic) bond motifs is 1. The smallest absolute Gasteiger partial charge is 0.275 e. The van der Waals surface area contributed by atoms with E-state index in [2.05, 4.69) is 4.99 Å². The highest BCUT2D eigenvalue weighted by Gasteiger charge is 2.36. The van der Waals surface area contributed by atoms with E-state index < -0.39 is 11.7 Å². The van der Waals surface area contributed by atoms with Gasteiger partial charge >= 0.3 is 6.18 Å². The molecule has 162 valence electrons. The van der Waals surface area contributed by atoms with Crippen LogP contribution in [0.3, 0.4) is 0 Å². The number of benzene rings is 4. The lowest BCUT2D eigenvalue weighted by Crippen LogP contribution is -2.25. The molecule has 0 atom stereocenters. The van der Waals surface area contributed by atoms with Crippen molar-refractivity contribution in [2.24, 2.45) is 4.99 Å². The minimum atomic E-state index is -4.50. The normalized spacial score (nSPS) is 14.6. The van der Waals surface area contributed by atoms with Gasteiger partial charge in [-0.3, -0.25) is 9.69 Å². The molecule has 0 unspecified atom stereocenters. The Kier molecular flexibility index (Phi) is 5.05. The predicted octanol–water partition coefficient (Wildman–Crippen LogP) is 7.17. The summed E-state index contributed by atoms with van der Waals surface area (Å²) in [6.45, 7) is 0. The number of carbonyl (C=O) groups is 1. The van der Waals surface area contributed by atoms with E-state index in [9.17, 15) is 18.0 Å². The van der Waals surface area contributed by atoms with E-state index in [-0.39, 0.29) is 17.3 Å². The summed E-state index contributed by atoms with van der Waals surface area (Å²) in [5.74, 6) is -0.390. The lowest BCUT2D eigenvalue weighted by atomic mass is 10.0. The molecule has 5 rings (SSSR count). The maximum absolute atomic E-state index is 13.5. The summed E-state index contributed by atoms with van der Waals surface area (Å²) in [6, 6.07) is 29.1. The zero-order chi connectivity index (χ0) is 23.0. The average Bonchev–Trinajstić information content (AvgIpc) is 3.10. The molecule has 1 amide bonds. The molecular weight excluding hydrogens is 425 g/mol. The van der Waals surface area contributed by atoms with Crippen LogP contribution in [0, 0.1) is 0 Å². The SMILES string of the molecule is O=C1C(=Nc2cccc(C(F)(F)F)c2)c2cc(-c3ccccc3)ccc2N1c1ccccc1. The third-order valence-corrected chi connectivity index (χ3v) is 5.43. The lowest BCUT2D eigenvalue weighted by molar-refractivity contribution is -0.137. The van der Waals surface area contributed by atoms with Gasteiger partial charge in [-0.1, -0.05) is 60.7 Å². The highest BCUT2D eigenvalue weighted by atomic mass is 19.4.